The van der Waals surface area contributed by atoms with E-state index in [-0.39, 0.29) is 95.5 Å². The highest BCUT2D eigenvalue weighted by Crippen LogP contribution is 2.40. The summed E-state index contributed by atoms with van der Waals surface area (Å²) in [5, 5.41) is 0. The van der Waals surface area contributed by atoms with Gasteiger partial charge in [-0.15, -0.1) is 0 Å². The summed E-state index contributed by atoms with van der Waals surface area (Å²) in [7, 11) is -0.359. The Hall–Kier alpha value is -6.18. The van der Waals surface area contributed by atoms with Crippen molar-refractivity contribution in [2.75, 3.05) is 0 Å². The lowest BCUT2D eigenvalue weighted by Crippen LogP contribution is -3.00. The molecule has 9 aromatic carbocycles. The largest absolute Gasteiger partial charge is 1.00 e. The second-order valence-corrected chi connectivity index (χ2v) is 41.0. The van der Waals surface area contributed by atoms with Crippen LogP contribution in [0.25, 0.3) is 0 Å². The van der Waals surface area contributed by atoms with Gasteiger partial charge in [-0.2, -0.15) is 0 Å². The lowest BCUT2D eigenvalue weighted by molar-refractivity contribution is -0.001000. The quantitative estimate of drug-likeness (QED) is 0.126. The Labute approximate surface area is 590 Å². The molecule has 0 unspecified atom stereocenters. The van der Waals surface area contributed by atoms with Crippen LogP contribution in [0.4, 0.5) is 0 Å². The highest BCUT2D eigenvalue weighted by Gasteiger charge is 2.34. The first-order valence-electron chi connectivity index (χ1n) is 34.0. The van der Waals surface area contributed by atoms with E-state index in [1.165, 1.54) is 94.1 Å². The fourth-order valence-electron chi connectivity index (χ4n) is 11.0. The minimum atomic E-state index is -0.120. The van der Waals surface area contributed by atoms with Gasteiger partial charge in [-0.1, -0.05) is 296 Å². The second kappa shape index (κ2) is 31.8. The third-order valence-corrected chi connectivity index (χ3v) is 24.3. The molecule has 9 rings (SSSR count). The van der Waals surface area contributed by atoms with Gasteiger partial charge in [0.25, 0.3) is 0 Å². The van der Waals surface area contributed by atoms with Crippen LogP contribution in [-0.4, -0.2) is 0 Å². The zero-order valence-electron chi connectivity index (χ0n) is 63.6. The fourth-order valence-corrected chi connectivity index (χ4v) is 17.2. The Morgan fingerprint density at radius 2 is 0.188 bits per heavy atom. The van der Waals surface area contributed by atoms with Crippen molar-refractivity contribution in [3.8, 4) is 0 Å². The standard InChI is InChI=1S/3C30H39S.3FH/c3*1-28(2,3)22-10-16-25(17-11-22)31(26-18-12-23(13-19-26)29(4,5)6)27-20-14-24(15-21-27)30(7,8)9;;;/h3*10-21H,1-9H3;3*1H/q3*+1;;;/p-3. The molecule has 0 amide bonds. The molecular weight excluding hydrogens is 1230 g/mol. The Morgan fingerprint density at radius 3 is 0.240 bits per heavy atom. The zero-order chi connectivity index (χ0) is 69.1. The molecule has 0 saturated carbocycles. The van der Waals surface area contributed by atoms with Crippen LogP contribution < -0.4 is 14.1 Å². The van der Waals surface area contributed by atoms with Crippen LogP contribution in [-0.2, 0) is 81.4 Å². The maximum absolute atomic E-state index is 2.33. The summed E-state index contributed by atoms with van der Waals surface area (Å²) in [6.45, 7) is 61.5. The summed E-state index contributed by atoms with van der Waals surface area (Å²) in [5.41, 5.74) is 13.9. The number of hydrogen-bond acceptors (Lipinski definition) is 0. The normalized spacial score (nSPS) is 12.6. The molecule has 0 N–H and O–H groups in total. The maximum atomic E-state index is 2.33. The topological polar surface area (TPSA) is 0 Å². The first-order chi connectivity index (χ1) is 42.8. The van der Waals surface area contributed by atoms with Gasteiger partial charge in [-0.05, 0) is 208 Å². The minimum absolute atomic E-state index is 0. The van der Waals surface area contributed by atoms with Gasteiger partial charge in [0, 0.05) is 0 Å². The van der Waals surface area contributed by atoms with E-state index in [1.54, 1.807) is 0 Å². The molecule has 0 radical (unpaired) electrons. The van der Waals surface area contributed by atoms with Gasteiger partial charge in [0.1, 0.15) is 0 Å². The van der Waals surface area contributed by atoms with Gasteiger partial charge in [0.15, 0.2) is 44.1 Å². The van der Waals surface area contributed by atoms with Crippen molar-refractivity contribution in [2.24, 2.45) is 0 Å². The number of benzene rings is 9. The summed E-state index contributed by atoms with van der Waals surface area (Å²) >= 11 is 0. The molecule has 0 aromatic heterocycles. The van der Waals surface area contributed by atoms with E-state index >= 15 is 0 Å². The fraction of sp³-hybridized carbons (Fsp3) is 0.400. The predicted molar refractivity (Wildman–Crippen MR) is 413 cm³/mol. The lowest BCUT2D eigenvalue weighted by Gasteiger charge is -2.21. The van der Waals surface area contributed by atoms with Gasteiger partial charge in [0.2, 0.25) is 0 Å². The third kappa shape index (κ3) is 21.9. The van der Waals surface area contributed by atoms with Crippen LogP contribution in [0.5, 0.6) is 0 Å². The Bertz CT molecular complexity index is 2980. The van der Waals surface area contributed by atoms with Crippen LogP contribution in [0.15, 0.2) is 262 Å². The van der Waals surface area contributed by atoms with E-state index in [1.807, 2.05) is 0 Å². The van der Waals surface area contributed by atoms with E-state index in [0.29, 0.717) is 0 Å². The maximum Gasteiger partial charge on any atom is 0.166 e. The smallest absolute Gasteiger partial charge is 0.166 e. The van der Waals surface area contributed by atoms with Crippen LogP contribution >= 0.6 is 0 Å². The van der Waals surface area contributed by atoms with Crippen LogP contribution in [0.2, 0.25) is 0 Å². The Morgan fingerprint density at radius 1 is 0.125 bits per heavy atom. The molecule has 96 heavy (non-hydrogen) atoms. The molecule has 0 saturated heterocycles. The molecule has 0 bridgehead atoms. The van der Waals surface area contributed by atoms with Gasteiger partial charge < -0.3 is 14.1 Å². The van der Waals surface area contributed by atoms with E-state index < -0.39 is 0 Å². The minimum Gasteiger partial charge on any atom is -1.00 e. The predicted octanol–water partition coefficient (Wildman–Crippen LogP) is 17.0. The number of rotatable bonds is 9. The average Bonchev–Trinajstić information content (AvgIpc) is 0.820. The molecule has 0 nitrogen and oxygen atoms in total. The SMILES string of the molecule is CC(C)(C)c1ccc([S+](c2ccc(C(C)(C)C)cc2)c2ccc(C(C)(C)C)cc2)cc1.CC(C)(C)c1ccc([S+](c2ccc(C(C)(C)C)cc2)c2ccc(C(C)(C)C)cc2)cc1.CC(C)(C)c1ccc([S+](c2ccc(C(C)(C)C)cc2)c2ccc(C(C)(C)C)cc2)cc1.[F-].[F-].[F-]. The number of halogens is 3. The average molecular weight is 1350 g/mol. The van der Waals surface area contributed by atoms with Crippen molar-refractivity contribution in [3.05, 3.63) is 268 Å². The molecule has 0 fully saturated rings. The molecule has 0 aliphatic heterocycles. The third-order valence-electron chi connectivity index (χ3n) is 17.6. The van der Waals surface area contributed by atoms with Crippen molar-refractivity contribution in [1.82, 2.24) is 0 Å². The molecule has 6 heteroatoms. The molecule has 0 heterocycles. The van der Waals surface area contributed by atoms with Crippen molar-refractivity contribution in [1.29, 1.82) is 0 Å². The monoisotopic (exact) mass is 1350 g/mol. The van der Waals surface area contributed by atoms with Crippen molar-refractivity contribution in [2.45, 2.75) is 280 Å². The van der Waals surface area contributed by atoms with Gasteiger partial charge >= 0.3 is 0 Å². The molecule has 0 atom stereocenters. The van der Waals surface area contributed by atoms with Gasteiger partial charge in [-0.25, -0.2) is 0 Å². The zero-order valence-corrected chi connectivity index (χ0v) is 66.1. The van der Waals surface area contributed by atoms with Crippen molar-refractivity contribution >= 4 is 32.7 Å². The lowest BCUT2D eigenvalue weighted by atomic mass is 9.87. The summed E-state index contributed by atoms with van der Waals surface area (Å²) < 4.78 is 0. The summed E-state index contributed by atoms with van der Waals surface area (Å²) in [4.78, 5) is 12.4. The molecule has 516 valence electrons. The van der Waals surface area contributed by atoms with Crippen LogP contribution in [0.1, 0.15) is 237 Å². The summed E-state index contributed by atoms with van der Waals surface area (Å²) in [6, 6.07) is 83.5. The number of hydrogen-bond donors (Lipinski definition) is 0. The second-order valence-electron chi connectivity index (χ2n) is 34.9. The van der Waals surface area contributed by atoms with E-state index in [0.717, 1.165) is 0 Å². The van der Waals surface area contributed by atoms with E-state index in [2.05, 4.69) is 405 Å². The molecule has 0 aliphatic rings. The molecular formula is C90H117F3S3. The first-order valence-corrected chi connectivity index (χ1v) is 37.7. The van der Waals surface area contributed by atoms with E-state index in [4.69, 9.17) is 0 Å². The van der Waals surface area contributed by atoms with E-state index in [9.17, 15) is 0 Å². The molecule has 0 spiro atoms. The van der Waals surface area contributed by atoms with Gasteiger partial charge in [0.05, 0.1) is 32.7 Å². The van der Waals surface area contributed by atoms with Crippen molar-refractivity contribution in [3.63, 3.8) is 0 Å². The van der Waals surface area contributed by atoms with Crippen LogP contribution in [0, 0.1) is 0 Å². The highest BCUT2D eigenvalue weighted by atomic mass is 32.2. The highest BCUT2D eigenvalue weighted by molar-refractivity contribution is 7.97. The molecule has 0 aliphatic carbocycles. The summed E-state index contributed by atoms with van der Waals surface area (Å²) in [5.74, 6) is 0. The summed E-state index contributed by atoms with van der Waals surface area (Å²) in [6.07, 6.45) is 0. The van der Waals surface area contributed by atoms with Crippen LogP contribution in [0.3, 0.4) is 0 Å². The Kier molecular flexibility index (Phi) is 27.2. The van der Waals surface area contributed by atoms with Gasteiger partial charge in [-0.3, -0.25) is 0 Å². The van der Waals surface area contributed by atoms with Crippen molar-refractivity contribution < 1.29 is 14.1 Å². The Balaban J connectivity index is 0.000000302. The molecule has 9 aromatic rings. The first kappa shape index (κ1) is 82.2.